The van der Waals surface area contributed by atoms with Crippen molar-refractivity contribution in [3.63, 3.8) is 0 Å². The highest BCUT2D eigenvalue weighted by molar-refractivity contribution is 6.97. The molecule has 64 valence electrons. The Morgan fingerprint density at radius 3 is 0.917 bits per heavy atom. The zero-order valence-electron chi connectivity index (χ0n) is 6.04. The van der Waals surface area contributed by atoms with Crippen LogP contribution in [0.15, 0.2) is 36.4 Å². The highest BCUT2D eigenvalue weighted by Gasteiger charge is 2.01. The van der Waals surface area contributed by atoms with E-state index in [1.54, 1.807) is 0 Å². The maximum Gasteiger partial charge on any atom is 0.304 e. The summed E-state index contributed by atoms with van der Waals surface area (Å²) < 4.78 is 0. The molecule has 12 heavy (non-hydrogen) atoms. The lowest BCUT2D eigenvalue weighted by atomic mass is 10.4. The van der Waals surface area contributed by atoms with Crippen molar-refractivity contribution in [1.82, 2.24) is 0 Å². The van der Waals surface area contributed by atoms with Crippen LogP contribution in [0.4, 0.5) is 0 Å². The van der Waals surface area contributed by atoms with Crippen molar-refractivity contribution in [2.75, 3.05) is 0 Å². The van der Waals surface area contributed by atoms with Crippen LogP contribution in [-0.2, 0) is 9.59 Å². The molecular weight excluding hydrogens is 199 g/mol. The van der Waals surface area contributed by atoms with Gasteiger partial charge in [0, 0.05) is 0 Å². The lowest BCUT2D eigenvalue weighted by Crippen LogP contribution is -1.94. The molecule has 4 heteroatoms. The maximum absolute atomic E-state index is 9.43. The Bertz CT molecular complexity index is 208. The number of carbonyl (C=O) groups excluding carboxylic acids is 2. The van der Waals surface area contributed by atoms with Gasteiger partial charge in [-0.2, -0.15) is 0 Å². The summed E-state index contributed by atoms with van der Waals surface area (Å²) in [5, 5.41) is -2.28. The van der Waals surface area contributed by atoms with E-state index in [-0.39, 0.29) is 0 Å². The van der Waals surface area contributed by atoms with E-state index in [9.17, 15) is 9.59 Å². The van der Waals surface area contributed by atoms with Crippen molar-refractivity contribution < 1.29 is 9.59 Å². The van der Waals surface area contributed by atoms with Crippen molar-refractivity contribution in [1.29, 1.82) is 0 Å². The van der Waals surface area contributed by atoms with Crippen LogP contribution in [0.2, 0.25) is 0 Å². The van der Waals surface area contributed by atoms with Gasteiger partial charge >= 0.3 is 10.5 Å². The second kappa shape index (κ2) is 6.83. The van der Waals surface area contributed by atoms with Crippen molar-refractivity contribution >= 4 is 33.7 Å². The van der Waals surface area contributed by atoms with Crippen LogP contribution in [0.1, 0.15) is 0 Å². The summed E-state index contributed by atoms with van der Waals surface area (Å²) in [5.74, 6) is 0. The molecule has 0 saturated carbocycles. The van der Waals surface area contributed by atoms with E-state index in [4.69, 9.17) is 0 Å². The molecule has 0 bridgehead atoms. The van der Waals surface area contributed by atoms with Gasteiger partial charge in [-0.25, -0.2) is 0 Å². The quantitative estimate of drug-likeness (QED) is 0.520. The number of halogens is 2. The highest BCUT2D eigenvalue weighted by Crippen LogP contribution is 1.84. The largest absolute Gasteiger partial charge is 0.304 e. The van der Waals surface area contributed by atoms with Crippen molar-refractivity contribution in [3.8, 4) is 0 Å². The molecule has 0 aliphatic carbocycles. The van der Waals surface area contributed by atoms with Gasteiger partial charge in [0.25, 0.3) is 0 Å². The first kappa shape index (κ1) is 11.1. The normalized spacial score (nSPS) is 7.83. The van der Waals surface area contributed by atoms with Gasteiger partial charge in [-0.1, -0.05) is 36.4 Å². The Labute approximate surface area is 80.1 Å². The van der Waals surface area contributed by atoms with Gasteiger partial charge in [-0.05, 0) is 23.2 Å². The molecule has 0 radical (unpaired) electrons. The molecule has 0 heterocycles. The lowest BCUT2D eigenvalue weighted by molar-refractivity contribution is -0.127. The summed E-state index contributed by atoms with van der Waals surface area (Å²) in [6.45, 7) is 0. The zero-order valence-corrected chi connectivity index (χ0v) is 7.55. The molecule has 1 aromatic rings. The van der Waals surface area contributed by atoms with Gasteiger partial charge in [-0.3, -0.25) is 9.59 Å². The van der Waals surface area contributed by atoms with Crippen LogP contribution in [0, 0.1) is 0 Å². The molecule has 0 spiro atoms. The minimum Gasteiger partial charge on any atom is -0.271 e. The molecule has 0 aliphatic heterocycles. The van der Waals surface area contributed by atoms with Gasteiger partial charge in [0.2, 0.25) is 0 Å². The van der Waals surface area contributed by atoms with Crippen LogP contribution < -0.4 is 0 Å². The minimum atomic E-state index is -1.14. The van der Waals surface area contributed by atoms with E-state index in [1.807, 2.05) is 36.4 Å². The van der Waals surface area contributed by atoms with Crippen molar-refractivity contribution in [3.05, 3.63) is 36.4 Å². The third-order valence-corrected chi connectivity index (χ3v) is 1.26. The standard InChI is InChI=1S/C6H6.C2Cl2O2/c1-2-4-6-5-3-1;3-1(5)2(4)6/h1-6H;. The van der Waals surface area contributed by atoms with E-state index in [0.29, 0.717) is 0 Å². The fourth-order valence-electron chi connectivity index (χ4n) is 0.385. The molecule has 0 atom stereocenters. The van der Waals surface area contributed by atoms with Crippen LogP contribution in [-0.4, -0.2) is 10.5 Å². The van der Waals surface area contributed by atoms with Crippen molar-refractivity contribution in [2.24, 2.45) is 0 Å². The Morgan fingerprint density at radius 1 is 0.667 bits per heavy atom. The van der Waals surface area contributed by atoms with Crippen LogP contribution in [0.5, 0.6) is 0 Å². The Morgan fingerprint density at radius 2 is 0.833 bits per heavy atom. The maximum atomic E-state index is 9.43. The molecular formula is C8H6Cl2O2. The first-order valence-corrected chi connectivity index (χ1v) is 3.79. The monoisotopic (exact) mass is 204 g/mol. The summed E-state index contributed by atoms with van der Waals surface area (Å²) in [5.41, 5.74) is 0. The molecule has 0 amide bonds. The molecule has 1 rings (SSSR count). The second-order valence-electron chi connectivity index (χ2n) is 1.70. The van der Waals surface area contributed by atoms with Gasteiger partial charge < -0.3 is 0 Å². The molecule has 1 aromatic carbocycles. The first-order chi connectivity index (χ1) is 5.64. The molecule has 0 N–H and O–H groups in total. The number of hydrogen-bond donors (Lipinski definition) is 0. The van der Waals surface area contributed by atoms with Gasteiger partial charge in [0.15, 0.2) is 0 Å². The SMILES string of the molecule is O=C(Cl)C(=O)Cl.c1ccccc1. The molecule has 0 fully saturated rings. The summed E-state index contributed by atoms with van der Waals surface area (Å²) >= 11 is 8.98. The average molecular weight is 205 g/mol. The first-order valence-electron chi connectivity index (χ1n) is 3.04. The van der Waals surface area contributed by atoms with Gasteiger partial charge in [-0.15, -0.1) is 0 Å². The van der Waals surface area contributed by atoms with E-state index in [1.165, 1.54) is 0 Å². The van der Waals surface area contributed by atoms with Gasteiger partial charge in [0.05, 0.1) is 0 Å². The third-order valence-electron chi connectivity index (χ3n) is 0.821. The molecule has 2 nitrogen and oxygen atoms in total. The fraction of sp³-hybridized carbons (Fsp3) is 0. The second-order valence-corrected chi connectivity index (χ2v) is 2.39. The van der Waals surface area contributed by atoms with Crippen LogP contribution in [0.3, 0.4) is 0 Å². The zero-order chi connectivity index (χ0) is 9.40. The Kier molecular flexibility index (Phi) is 6.34. The third kappa shape index (κ3) is 7.25. The van der Waals surface area contributed by atoms with E-state index < -0.39 is 10.5 Å². The predicted octanol–water partition coefficient (Wildman–Crippen LogP) is 2.20. The minimum absolute atomic E-state index is 1.14. The fourth-order valence-corrected chi connectivity index (χ4v) is 0.385. The average Bonchev–Trinajstić information content (AvgIpc) is 2.08. The number of hydrogen-bond acceptors (Lipinski definition) is 2. The van der Waals surface area contributed by atoms with Crippen molar-refractivity contribution in [2.45, 2.75) is 0 Å². The number of rotatable bonds is 1. The summed E-state index contributed by atoms with van der Waals surface area (Å²) in [6, 6.07) is 12.0. The van der Waals surface area contributed by atoms with E-state index in [2.05, 4.69) is 23.2 Å². The number of carbonyl (C=O) groups is 2. The number of benzene rings is 1. The molecule has 0 aromatic heterocycles. The predicted molar refractivity (Wildman–Crippen MR) is 48.2 cm³/mol. The summed E-state index contributed by atoms with van der Waals surface area (Å²) in [7, 11) is 0. The smallest absolute Gasteiger partial charge is 0.271 e. The Hall–Kier alpha value is -0.860. The lowest BCUT2D eigenvalue weighted by Gasteiger charge is -1.69. The topological polar surface area (TPSA) is 34.1 Å². The summed E-state index contributed by atoms with van der Waals surface area (Å²) in [4.78, 5) is 18.9. The Balaban J connectivity index is 0.000000202. The van der Waals surface area contributed by atoms with Crippen LogP contribution in [0.25, 0.3) is 0 Å². The molecule has 0 aliphatic rings. The van der Waals surface area contributed by atoms with E-state index in [0.717, 1.165) is 0 Å². The van der Waals surface area contributed by atoms with Crippen LogP contribution >= 0.6 is 23.2 Å². The molecule has 0 unspecified atom stereocenters. The highest BCUT2D eigenvalue weighted by atomic mass is 35.5. The summed E-state index contributed by atoms with van der Waals surface area (Å²) in [6.07, 6.45) is 0. The van der Waals surface area contributed by atoms with E-state index >= 15 is 0 Å². The van der Waals surface area contributed by atoms with Gasteiger partial charge in [0.1, 0.15) is 0 Å². The molecule has 0 saturated heterocycles.